The summed E-state index contributed by atoms with van der Waals surface area (Å²) in [7, 11) is 4.03. The number of nitrogens with zero attached hydrogens (tertiary/aromatic N) is 1. The summed E-state index contributed by atoms with van der Waals surface area (Å²) in [6.45, 7) is 2.23. The van der Waals surface area contributed by atoms with E-state index >= 15 is 0 Å². The first-order valence-electron chi connectivity index (χ1n) is 5.86. The summed E-state index contributed by atoms with van der Waals surface area (Å²) in [5.74, 6) is 0.627. The molecule has 16 heavy (non-hydrogen) atoms. The van der Waals surface area contributed by atoms with E-state index in [4.69, 9.17) is 11.6 Å². The van der Waals surface area contributed by atoms with E-state index in [1.165, 1.54) is 18.4 Å². The van der Waals surface area contributed by atoms with E-state index in [0.717, 1.165) is 23.8 Å². The Labute approximate surface area is 103 Å². The molecule has 2 nitrogen and oxygen atoms in total. The van der Waals surface area contributed by atoms with Gasteiger partial charge in [-0.2, -0.15) is 0 Å². The zero-order valence-electron chi connectivity index (χ0n) is 9.96. The Balaban J connectivity index is 2.19. The second-order valence-electron chi connectivity index (χ2n) is 4.65. The van der Waals surface area contributed by atoms with Crippen LogP contribution in [-0.2, 0) is 0 Å². The maximum absolute atomic E-state index is 6.28. The van der Waals surface area contributed by atoms with E-state index in [1.54, 1.807) is 0 Å². The average Bonchev–Trinajstić information content (AvgIpc) is 2.29. The van der Waals surface area contributed by atoms with Crippen LogP contribution in [0, 0.1) is 0 Å². The van der Waals surface area contributed by atoms with E-state index < -0.39 is 0 Å². The molecule has 3 heteroatoms. The second kappa shape index (κ2) is 5.07. The average molecular weight is 239 g/mol. The minimum absolute atomic E-state index is 0.627. The van der Waals surface area contributed by atoms with Crippen LogP contribution in [-0.4, -0.2) is 27.2 Å². The first kappa shape index (κ1) is 11.7. The molecule has 1 saturated heterocycles. The number of piperidine rings is 1. The summed E-state index contributed by atoms with van der Waals surface area (Å²) in [6.07, 6.45) is 2.53. The van der Waals surface area contributed by atoms with Crippen molar-refractivity contribution in [1.82, 2.24) is 5.32 Å². The molecule has 0 radical (unpaired) electrons. The van der Waals surface area contributed by atoms with E-state index in [-0.39, 0.29) is 0 Å². The maximum Gasteiger partial charge on any atom is 0.0642 e. The third-order valence-electron chi connectivity index (χ3n) is 3.22. The van der Waals surface area contributed by atoms with Gasteiger partial charge in [0.15, 0.2) is 0 Å². The summed E-state index contributed by atoms with van der Waals surface area (Å²) in [5.41, 5.74) is 2.46. The van der Waals surface area contributed by atoms with E-state index in [1.807, 2.05) is 19.0 Å². The van der Waals surface area contributed by atoms with E-state index in [2.05, 4.69) is 23.5 Å². The number of benzene rings is 1. The summed E-state index contributed by atoms with van der Waals surface area (Å²) >= 11 is 6.28. The lowest BCUT2D eigenvalue weighted by Crippen LogP contribution is -2.28. The number of hydrogen-bond donors (Lipinski definition) is 1. The molecular formula is C13H19ClN2. The van der Waals surface area contributed by atoms with Crippen LogP contribution in [0.2, 0.25) is 5.02 Å². The molecule has 0 aromatic heterocycles. The molecule has 88 valence electrons. The Kier molecular flexibility index (Phi) is 3.72. The quantitative estimate of drug-likeness (QED) is 0.853. The van der Waals surface area contributed by atoms with Crippen molar-refractivity contribution in [2.24, 2.45) is 0 Å². The lowest BCUT2D eigenvalue weighted by atomic mass is 9.91. The predicted molar refractivity (Wildman–Crippen MR) is 70.6 cm³/mol. The smallest absolute Gasteiger partial charge is 0.0642 e. The molecule has 1 unspecified atom stereocenters. The van der Waals surface area contributed by atoms with Crippen molar-refractivity contribution in [3.8, 4) is 0 Å². The van der Waals surface area contributed by atoms with Gasteiger partial charge in [-0.3, -0.25) is 0 Å². The van der Waals surface area contributed by atoms with Crippen LogP contribution in [0.1, 0.15) is 24.3 Å². The zero-order valence-corrected chi connectivity index (χ0v) is 10.7. The first-order chi connectivity index (χ1) is 7.68. The van der Waals surface area contributed by atoms with Gasteiger partial charge in [-0.25, -0.2) is 0 Å². The molecule has 1 fully saturated rings. The highest BCUT2D eigenvalue weighted by atomic mass is 35.5. The molecule has 0 saturated carbocycles. The van der Waals surface area contributed by atoms with Crippen molar-refractivity contribution < 1.29 is 0 Å². The van der Waals surface area contributed by atoms with Crippen molar-refractivity contribution in [2.75, 3.05) is 32.1 Å². The van der Waals surface area contributed by atoms with Gasteiger partial charge in [-0.1, -0.05) is 17.7 Å². The van der Waals surface area contributed by atoms with Crippen LogP contribution < -0.4 is 10.2 Å². The largest absolute Gasteiger partial charge is 0.376 e. The molecule has 1 aromatic rings. The standard InChI is InChI=1S/C13H19ClN2/c1-16(2)13-6-5-10(8-12(13)14)11-4-3-7-15-9-11/h5-6,8,11,15H,3-4,7,9H2,1-2H3. The maximum atomic E-state index is 6.28. The highest BCUT2D eigenvalue weighted by Gasteiger charge is 2.16. The van der Waals surface area contributed by atoms with Gasteiger partial charge in [-0.05, 0) is 43.0 Å². The Morgan fingerprint density at radius 1 is 1.38 bits per heavy atom. The van der Waals surface area contributed by atoms with Crippen LogP contribution in [0.5, 0.6) is 0 Å². The Bertz CT molecular complexity index is 357. The Morgan fingerprint density at radius 2 is 2.19 bits per heavy atom. The molecule has 1 N–H and O–H groups in total. The molecule has 1 aliphatic rings. The second-order valence-corrected chi connectivity index (χ2v) is 5.06. The number of nitrogens with one attached hydrogen (secondary N) is 1. The van der Waals surface area contributed by atoms with Gasteiger partial charge in [0.2, 0.25) is 0 Å². The topological polar surface area (TPSA) is 15.3 Å². The first-order valence-corrected chi connectivity index (χ1v) is 6.24. The minimum atomic E-state index is 0.627. The van der Waals surface area contributed by atoms with Crippen LogP contribution in [0.4, 0.5) is 5.69 Å². The van der Waals surface area contributed by atoms with Crippen molar-refractivity contribution in [3.63, 3.8) is 0 Å². The fourth-order valence-electron chi connectivity index (χ4n) is 2.28. The SMILES string of the molecule is CN(C)c1ccc(C2CCCNC2)cc1Cl. The van der Waals surface area contributed by atoms with Crippen LogP contribution in [0.3, 0.4) is 0 Å². The van der Waals surface area contributed by atoms with Crippen molar-refractivity contribution in [2.45, 2.75) is 18.8 Å². The summed E-state index contributed by atoms with van der Waals surface area (Å²) in [4.78, 5) is 2.05. The highest BCUT2D eigenvalue weighted by molar-refractivity contribution is 6.33. The van der Waals surface area contributed by atoms with Gasteiger partial charge >= 0.3 is 0 Å². The molecular weight excluding hydrogens is 220 g/mol. The zero-order chi connectivity index (χ0) is 11.5. The van der Waals surface area contributed by atoms with Crippen LogP contribution in [0.25, 0.3) is 0 Å². The number of rotatable bonds is 2. The van der Waals surface area contributed by atoms with E-state index in [9.17, 15) is 0 Å². The van der Waals surface area contributed by atoms with E-state index in [0.29, 0.717) is 5.92 Å². The number of hydrogen-bond acceptors (Lipinski definition) is 2. The van der Waals surface area contributed by atoms with Gasteiger partial charge in [-0.15, -0.1) is 0 Å². The number of anilines is 1. The van der Waals surface area contributed by atoms with Gasteiger partial charge in [0.05, 0.1) is 10.7 Å². The molecule has 1 aliphatic heterocycles. The molecule has 1 atom stereocenters. The summed E-state index contributed by atoms with van der Waals surface area (Å²) in [5, 5.41) is 4.29. The Morgan fingerprint density at radius 3 is 2.75 bits per heavy atom. The van der Waals surface area contributed by atoms with Gasteiger partial charge < -0.3 is 10.2 Å². The van der Waals surface area contributed by atoms with Crippen molar-refractivity contribution in [1.29, 1.82) is 0 Å². The van der Waals surface area contributed by atoms with Gasteiger partial charge in [0, 0.05) is 20.6 Å². The van der Waals surface area contributed by atoms with Crippen LogP contribution in [0.15, 0.2) is 18.2 Å². The molecule has 1 heterocycles. The molecule has 0 spiro atoms. The fraction of sp³-hybridized carbons (Fsp3) is 0.538. The van der Waals surface area contributed by atoms with Crippen molar-refractivity contribution in [3.05, 3.63) is 28.8 Å². The van der Waals surface area contributed by atoms with Crippen molar-refractivity contribution >= 4 is 17.3 Å². The lowest BCUT2D eigenvalue weighted by Gasteiger charge is -2.24. The third kappa shape index (κ3) is 2.50. The molecule has 0 amide bonds. The number of halogens is 1. The Hall–Kier alpha value is -0.730. The fourth-order valence-corrected chi connectivity index (χ4v) is 2.63. The predicted octanol–water partition coefficient (Wildman–Crippen LogP) is 2.87. The normalized spacial score (nSPS) is 20.8. The van der Waals surface area contributed by atoms with Gasteiger partial charge in [0.1, 0.15) is 0 Å². The molecule has 0 aliphatic carbocycles. The third-order valence-corrected chi connectivity index (χ3v) is 3.52. The molecule has 1 aromatic carbocycles. The lowest BCUT2D eigenvalue weighted by molar-refractivity contribution is 0.461. The summed E-state index contributed by atoms with van der Waals surface area (Å²) < 4.78 is 0. The molecule has 2 rings (SSSR count). The van der Waals surface area contributed by atoms with Crippen LogP contribution >= 0.6 is 11.6 Å². The summed E-state index contributed by atoms with van der Waals surface area (Å²) in [6, 6.07) is 6.44. The highest BCUT2D eigenvalue weighted by Crippen LogP contribution is 2.30. The molecule has 0 bridgehead atoms. The van der Waals surface area contributed by atoms with Gasteiger partial charge in [0.25, 0.3) is 0 Å². The minimum Gasteiger partial charge on any atom is -0.376 e. The monoisotopic (exact) mass is 238 g/mol.